The molecule has 0 spiro atoms. The molecule has 1 heterocycles. The number of furan rings is 1. The Morgan fingerprint density at radius 2 is 2.05 bits per heavy atom. The van der Waals surface area contributed by atoms with E-state index in [0.717, 1.165) is 5.76 Å². The largest absolute Gasteiger partial charge is 0.495 e. The van der Waals surface area contributed by atoms with E-state index in [9.17, 15) is 4.79 Å². The van der Waals surface area contributed by atoms with Crippen LogP contribution in [0.15, 0.2) is 47.1 Å². The second kappa shape index (κ2) is 8.24. The molecule has 0 atom stereocenters. The summed E-state index contributed by atoms with van der Waals surface area (Å²) in [5.41, 5.74) is 0.662. The summed E-state index contributed by atoms with van der Waals surface area (Å²) < 4.78 is 10.3. The zero-order valence-corrected chi connectivity index (χ0v) is 11.9. The van der Waals surface area contributed by atoms with Gasteiger partial charge in [-0.1, -0.05) is 12.1 Å². The fraction of sp³-hybridized carbons (Fsp3) is 0.214. The summed E-state index contributed by atoms with van der Waals surface area (Å²) in [6, 6.07) is 10.9. The number of carbonyl (C=O) groups is 1. The molecule has 0 unspecified atom stereocenters. The summed E-state index contributed by atoms with van der Waals surface area (Å²) >= 11 is 0. The van der Waals surface area contributed by atoms with Crippen molar-refractivity contribution in [2.24, 2.45) is 0 Å². The molecular weight excluding hydrogens is 280 g/mol. The lowest BCUT2D eigenvalue weighted by Crippen LogP contribution is -2.27. The minimum atomic E-state index is -0.129. The lowest BCUT2D eigenvalue weighted by molar-refractivity contribution is -0.115. The van der Waals surface area contributed by atoms with Crippen LogP contribution in [-0.2, 0) is 11.3 Å². The van der Waals surface area contributed by atoms with Crippen molar-refractivity contribution in [1.29, 1.82) is 0 Å². The fourth-order valence-electron chi connectivity index (χ4n) is 1.65. The Morgan fingerprint density at radius 3 is 2.75 bits per heavy atom. The van der Waals surface area contributed by atoms with E-state index >= 15 is 0 Å². The minimum Gasteiger partial charge on any atom is -0.495 e. The molecule has 108 valence electrons. The Kier molecular flexibility index (Phi) is 6.63. The Labute approximate surface area is 123 Å². The molecule has 0 radical (unpaired) electrons. The van der Waals surface area contributed by atoms with Gasteiger partial charge in [-0.05, 0) is 24.3 Å². The monoisotopic (exact) mass is 296 g/mol. The third kappa shape index (κ3) is 4.60. The molecule has 2 rings (SSSR count). The Bertz CT molecular complexity index is 529. The third-order valence-corrected chi connectivity index (χ3v) is 2.55. The first-order chi connectivity index (χ1) is 9.29. The van der Waals surface area contributed by atoms with Crippen molar-refractivity contribution in [3.63, 3.8) is 0 Å². The second-order valence-corrected chi connectivity index (χ2v) is 3.93. The summed E-state index contributed by atoms with van der Waals surface area (Å²) in [4.78, 5) is 11.7. The maximum absolute atomic E-state index is 11.7. The smallest absolute Gasteiger partial charge is 0.238 e. The van der Waals surface area contributed by atoms with Gasteiger partial charge in [0.1, 0.15) is 11.5 Å². The summed E-state index contributed by atoms with van der Waals surface area (Å²) in [6.07, 6.45) is 1.60. The molecule has 1 amide bonds. The highest BCUT2D eigenvalue weighted by atomic mass is 35.5. The fourth-order valence-corrected chi connectivity index (χ4v) is 1.65. The van der Waals surface area contributed by atoms with Gasteiger partial charge < -0.3 is 19.8 Å². The summed E-state index contributed by atoms with van der Waals surface area (Å²) in [7, 11) is 1.57. The molecule has 0 saturated carbocycles. The van der Waals surface area contributed by atoms with Gasteiger partial charge in [-0.3, -0.25) is 4.79 Å². The van der Waals surface area contributed by atoms with Crippen LogP contribution in [0.1, 0.15) is 5.76 Å². The van der Waals surface area contributed by atoms with Crippen molar-refractivity contribution in [3.8, 4) is 5.75 Å². The standard InChI is InChI=1S/C14H16N2O3.ClH/c1-18-13-7-3-2-6-12(13)16-14(17)10-15-9-11-5-4-8-19-11;/h2-8,15H,9-10H2,1H3,(H,16,17);1H. The van der Waals surface area contributed by atoms with Crippen molar-refractivity contribution in [2.45, 2.75) is 6.54 Å². The maximum Gasteiger partial charge on any atom is 0.238 e. The van der Waals surface area contributed by atoms with Crippen LogP contribution >= 0.6 is 12.4 Å². The van der Waals surface area contributed by atoms with Gasteiger partial charge in [0.2, 0.25) is 5.91 Å². The van der Waals surface area contributed by atoms with E-state index in [1.807, 2.05) is 24.3 Å². The molecule has 0 saturated heterocycles. The van der Waals surface area contributed by atoms with Gasteiger partial charge in [0.25, 0.3) is 0 Å². The number of carbonyl (C=O) groups excluding carboxylic acids is 1. The molecule has 2 aromatic rings. The van der Waals surface area contributed by atoms with Gasteiger partial charge in [0.05, 0.1) is 32.1 Å². The molecule has 0 aliphatic rings. The van der Waals surface area contributed by atoms with Gasteiger partial charge in [0.15, 0.2) is 0 Å². The van der Waals surface area contributed by atoms with E-state index in [0.29, 0.717) is 18.0 Å². The Balaban J connectivity index is 0.00000200. The van der Waals surface area contributed by atoms with E-state index in [2.05, 4.69) is 10.6 Å². The van der Waals surface area contributed by atoms with Crippen molar-refractivity contribution >= 4 is 24.0 Å². The predicted octanol–water partition coefficient (Wildman–Crippen LogP) is 2.44. The van der Waals surface area contributed by atoms with Gasteiger partial charge in [-0.2, -0.15) is 0 Å². The molecule has 5 nitrogen and oxygen atoms in total. The highest BCUT2D eigenvalue weighted by Crippen LogP contribution is 2.22. The molecule has 2 N–H and O–H groups in total. The SMILES string of the molecule is COc1ccccc1NC(=O)CNCc1ccco1.Cl. The number of anilines is 1. The number of nitrogens with one attached hydrogen (secondary N) is 2. The lowest BCUT2D eigenvalue weighted by atomic mass is 10.3. The van der Waals surface area contributed by atoms with E-state index in [1.165, 1.54) is 0 Å². The van der Waals surface area contributed by atoms with Gasteiger partial charge in [-0.15, -0.1) is 12.4 Å². The predicted molar refractivity (Wildman–Crippen MR) is 79.3 cm³/mol. The Hall–Kier alpha value is -1.98. The number of hydrogen-bond acceptors (Lipinski definition) is 4. The van der Waals surface area contributed by atoms with E-state index in [-0.39, 0.29) is 24.9 Å². The average molecular weight is 297 g/mol. The molecule has 20 heavy (non-hydrogen) atoms. The van der Waals surface area contributed by atoms with E-state index < -0.39 is 0 Å². The molecule has 0 fully saturated rings. The van der Waals surface area contributed by atoms with Crippen LogP contribution in [0, 0.1) is 0 Å². The first-order valence-corrected chi connectivity index (χ1v) is 5.95. The topological polar surface area (TPSA) is 63.5 Å². The van der Waals surface area contributed by atoms with E-state index in [1.54, 1.807) is 25.5 Å². The van der Waals surface area contributed by atoms with Gasteiger partial charge in [0, 0.05) is 0 Å². The van der Waals surface area contributed by atoms with Crippen LogP contribution in [0.2, 0.25) is 0 Å². The van der Waals surface area contributed by atoms with Crippen molar-refractivity contribution in [3.05, 3.63) is 48.4 Å². The van der Waals surface area contributed by atoms with Crippen molar-refractivity contribution in [2.75, 3.05) is 19.0 Å². The van der Waals surface area contributed by atoms with Crippen molar-refractivity contribution in [1.82, 2.24) is 5.32 Å². The third-order valence-electron chi connectivity index (χ3n) is 2.55. The average Bonchev–Trinajstić information content (AvgIpc) is 2.92. The minimum absolute atomic E-state index is 0. The highest BCUT2D eigenvalue weighted by molar-refractivity contribution is 5.93. The molecule has 0 bridgehead atoms. The van der Waals surface area contributed by atoms with Crippen molar-refractivity contribution < 1.29 is 13.9 Å². The zero-order valence-electron chi connectivity index (χ0n) is 11.1. The van der Waals surface area contributed by atoms with E-state index in [4.69, 9.17) is 9.15 Å². The van der Waals surface area contributed by atoms with Gasteiger partial charge >= 0.3 is 0 Å². The summed E-state index contributed by atoms with van der Waals surface area (Å²) in [5, 5.41) is 5.78. The number of hydrogen-bond donors (Lipinski definition) is 2. The molecular formula is C14H17ClN2O3. The Morgan fingerprint density at radius 1 is 1.25 bits per heavy atom. The summed E-state index contributed by atoms with van der Waals surface area (Å²) in [5.74, 6) is 1.31. The number of amides is 1. The lowest BCUT2D eigenvalue weighted by Gasteiger charge is -2.09. The normalized spacial score (nSPS) is 9.65. The van der Waals surface area contributed by atoms with Crippen LogP contribution in [0.4, 0.5) is 5.69 Å². The molecule has 1 aromatic carbocycles. The number of halogens is 1. The maximum atomic E-state index is 11.7. The number of ether oxygens (including phenoxy) is 1. The molecule has 1 aromatic heterocycles. The first kappa shape index (κ1) is 16.1. The van der Waals surface area contributed by atoms with Gasteiger partial charge in [-0.25, -0.2) is 0 Å². The van der Waals surface area contributed by atoms with Crippen LogP contribution < -0.4 is 15.4 Å². The van der Waals surface area contributed by atoms with Crippen LogP contribution in [0.5, 0.6) is 5.75 Å². The van der Waals surface area contributed by atoms with Crippen LogP contribution in [-0.4, -0.2) is 19.6 Å². The quantitative estimate of drug-likeness (QED) is 0.859. The number of methoxy groups -OCH3 is 1. The summed E-state index contributed by atoms with van der Waals surface area (Å²) in [6.45, 7) is 0.727. The molecule has 6 heteroatoms. The first-order valence-electron chi connectivity index (χ1n) is 5.95. The molecule has 0 aliphatic carbocycles. The number of rotatable bonds is 6. The number of benzene rings is 1. The second-order valence-electron chi connectivity index (χ2n) is 3.93. The van der Waals surface area contributed by atoms with Crippen LogP contribution in [0.25, 0.3) is 0 Å². The van der Waals surface area contributed by atoms with Crippen LogP contribution in [0.3, 0.4) is 0 Å². The highest BCUT2D eigenvalue weighted by Gasteiger charge is 2.06. The zero-order chi connectivity index (χ0) is 13.5. The molecule has 0 aliphatic heterocycles. The number of para-hydroxylation sites is 2.